The third-order valence-electron chi connectivity index (χ3n) is 4.72. The van der Waals surface area contributed by atoms with Gasteiger partial charge in [-0.15, -0.1) is 0 Å². The Bertz CT molecular complexity index is 533. The van der Waals surface area contributed by atoms with Crippen LogP contribution in [0.25, 0.3) is 5.57 Å². The standard InChI is InChI=1S/C17H21NO3/c1-18-15-8-14(9-16(18)11-19-10-15)12-2-4-13(5-3-12)17-20-6-7-21-17/h2-5,8,15-17H,6-7,9-11H2,1H3. The first-order chi connectivity index (χ1) is 10.3. The van der Waals surface area contributed by atoms with E-state index in [1.807, 2.05) is 0 Å². The third-order valence-corrected chi connectivity index (χ3v) is 4.72. The lowest BCUT2D eigenvalue weighted by molar-refractivity contribution is -0.0441. The average Bonchev–Trinajstić information content (AvgIpc) is 3.01. The van der Waals surface area contributed by atoms with Gasteiger partial charge < -0.3 is 14.2 Å². The van der Waals surface area contributed by atoms with Crippen LogP contribution in [0.4, 0.5) is 0 Å². The summed E-state index contributed by atoms with van der Waals surface area (Å²) in [5.41, 5.74) is 3.85. The van der Waals surface area contributed by atoms with E-state index in [0.717, 1.165) is 25.2 Å². The summed E-state index contributed by atoms with van der Waals surface area (Å²) in [6, 6.07) is 9.54. The zero-order chi connectivity index (χ0) is 14.2. The van der Waals surface area contributed by atoms with Crippen molar-refractivity contribution in [3.8, 4) is 0 Å². The first-order valence-corrected chi connectivity index (χ1v) is 7.65. The molecule has 4 heteroatoms. The van der Waals surface area contributed by atoms with Crippen LogP contribution in [0, 0.1) is 0 Å². The van der Waals surface area contributed by atoms with Crippen molar-refractivity contribution >= 4 is 5.57 Å². The van der Waals surface area contributed by atoms with Crippen LogP contribution >= 0.6 is 0 Å². The van der Waals surface area contributed by atoms with E-state index in [-0.39, 0.29) is 6.29 Å². The number of hydrogen-bond donors (Lipinski definition) is 0. The van der Waals surface area contributed by atoms with Gasteiger partial charge in [-0.3, -0.25) is 4.90 Å². The van der Waals surface area contributed by atoms with Crippen LogP contribution in [0.1, 0.15) is 23.8 Å². The average molecular weight is 287 g/mol. The van der Waals surface area contributed by atoms with E-state index in [4.69, 9.17) is 14.2 Å². The van der Waals surface area contributed by atoms with E-state index >= 15 is 0 Å². The second-order valence-electron chi connectivity index (χ2n) is 6.02. The van der Waals surface area contributed by atoms with Gasteiger partial charge in [0.05, 0.1) is 32.5 Å². The van der Waals surface area contributed by atoms with E-state index in [9.17, 15) is 0 Å². The molecule has 1 aromatic rings. The highest BCUT2D eigenvalue weighted by atomic mass is 16.7. The maximum atomic E-state index is 5.66. The van der Waals surface area contributed by atoms with Crippen LogP contribution in [0.15, 0.2) is 30.3 Å². The SMILES string of the molecule is CN1C2C=C(c3ccc(C4OCCO4)cc3)CC1COC2. The highest BCUT2D eigenvalue weighted by molar-refractivity contribution is 5.68. The van der Waals surface area contributed by atoms with E-state index in [2.05, 4.69) is 42.3 Å². The van der Waals surface area contributed by atoms with Gasteiger partial charge in [0.25, 0.3) is 0 Å². The van der Waals surface area contributed by atoms with Crippen LogP contribution in [0.2, 0.25) is 0 Å². The first-order valence-electron chi connectivity index (χ1n) is 7.65. The lowest BCUT2D eigenvalue weighted by Crippen LogP contribution is -2.51. The minimum absolute atomic E-state index is 0.182. The lowest BCUT2D eigenvalue weighted by atomic mass is 9.90. The molecule has 2 fully saturated rings. The maximum Gasteiger partial charge on any atom is 0.184 e. The molecule has 0 spiro atoms. The molecular weight excluding hydrogens is 266 g/mol. The summed E-state index contributed by atoms with van der Waals surface area (Å²) in [6.07, 6.45) is 3.23. The van der Waals surface area contributed by atoms with Gasteiger partial charge in [0.2, 0.25) is 0 Å². The molecule has 1 aromatic carbocycles. The Labute approximate surface area is 125 Å². The fourth-order valence-corrected chi connectivity index (χ4v) is 3.37. The van der Waals surface area contributed by atoms with E-state index in [1.165, 1.54) is 11.1 Å². The maximum absolute atomic E-state index is 5.66. The normalized spacial score (nSPS) is 30.4. The number of fused-ring (bicyclic) bond motifs is 2. The van der Waals surface area contributed by atoms with Crippen molar-refractivity contribution in [3.63, 3.8) is 0 Å². The second kappa shape index (κ2) is 5.54. The van der Waals surface area contributed by atoms with Crippen molar-refractivity contribution in [2.45, 2.75) is 24.8 Å². The molecular formula is C17H21NO3. The van der Waals surface area contributed by atoms with Gasteiger partial charge in [0.15, 0.2) is 6.29 Å². The fraction of sp³-hybridized carbons (Fsp3) is 0.529. The lowest BCUT2D eigenvalue weighted by Gasteiger charge is -2.42. The Morgan fingerprint density at radius 3 is 2.52 bits per heavy atom. The van der Waals surface area contributed by atoms with Crippen molar-refractivity contribution in [2.24, 2.45) is 0 Å². The highest BCUT2D eigenvalue weighted by Gasteiger charge is 2.32. The molecule has 112 valence electrons. The number of ether oxygens (including phenoxy) is 3. The van der Waals surface area contributed by atoms with Gasteiger partial charge in [-0.1, -0.05) is 30.3 Å². The molecule has 0 radical (unpaired) electrons. The zero-order valence-corrected chi connectivity index (χ0v) is 12.3. The molecule has 4 nitrogen and oxygen atoms in total. The Morgan fingerprint density at radius 2 is 1.81 bits per heavy atom. The number of benzene rings is 1. The molecule has 2 unspecified atom stereocenters. The Morgan fingerprint density at radius 1 is 1.05 bits per heavy atom. The van der Waals surface area contributed by atoms with Crippen molar-refractivity contribution in [1.82, 2.24) is 4.90 Å². The summed E-state index contributed by atoms with van der Waals surface area (Å²) in [7, 11) is 2.20. The summed E-state index contributed by atoms with van der Waals surface area (Å²) in [5.74, 6) is 0. The van der Waals surface area contributed by atoms with Gasteiger partial charge >= 0.3 is 0 Å². The summed E-state index contributed by atoms with van der Waals surface area (Å²) in [6.45, 7) is 3.02. The minimum atomic E-state index is -0.182. The molecule has 4 rings (SSSR count). The number of rotatable bonds is 2. The summed E-state index contributed by atoms with van der Waals surface area (Å²) in [5, 5.41) is 0. The number of nitrogens with zero attached hydrogens (tertiary/aromatic N) is 1. The molecule has 0 aromatic heterocycles. The number of hydrogen-bond acceptors (Lipinski definition) is 4. The van der Waals surface area contributed by atoms with Crippen molar-refractivity contribution < 1.29 is 14.2 Å². The molecule has 0 amide bonds. The van der Waals surface area contributed by atoms with Gasteiger partial charge in [-0.25, -0.2) is 0 Å². The van der Waals surface area contributed by atoms with Crippen molar-refractivity contribution in [3.05, 3.63) is 41.5 Å². The topological polar surface area (TPSA) is 30.9 Å². The Hall–Kier alpha value is -1.20. The number of morpholine rings is 1. The van der Waals surface area contributed by atoms with E-state index in [1.54, 1.807) is 0 Å². The Balaban J connectivity index is 1.56. The molecule has 0 aliphatic carbocycles. The van der Waals surface area contributed by atoms with Crippen molar-refractivity contribution in [2.75, 3.05) is 33.5 Å². The third kappa shape index (κ3) is 2.53. The molecule has 0 N–H and O–H groups in total. The van der Waals surface area contributed by atoms with Crippen LogP contribution in [0.5, 0.6) is 0 Å². The molecule has 2 saturated heterocycles. The predicted molar refractivity (Wildman–Crippen MR) is 79.8 cm³/mol. The molecule has 0 saturated carbocycles. The van der Waals surface area contributed by atoms with E-state index < -0.39 is 0 Å². The zero-order valence-electron chi connectivity index (χ0n) is 12.3. The molecule has 2 atom stereocenters. The summed E-state index contributed by atoms with van der Waals surface area (Å²) < 4.78 is 16.7. The fourth-order valence-electron chi connectivity index (χ4n) is 3.37. The summed E-state index contributed by atoms with van der Waals surface area (Å²) >= 11 is 0. The van der Waals surface area contributed by atoms with Crippen molar-refractivity contribution in [1.29, 1.82) is 0 Å². The van der Waals surface area contributed by atoms with Gasteiger partial charge in [0, 0.05) is 11.6 Å². The molecule has 2 bridgehead atoms. The molecule has 21 heavy (non-hydrogen) atoms. The van der Waals surface area contributed by atoms with Gasteiger partial charge in [-0.2, -0.15) is 0 Å². The number of likely N-dealkylation sites (N-methyl/N-ethyl adjacent to an activating group) is 1. The summed E-state index contributed by atoms with van der Waals surface area (Å²) in [4.78, 5) is 2.43. The first kappa shape index (κ1) is 13.5. The van der Waals surface area contributed by atoms with Crippen LogP contribution in [-0.2, 0) is 14.2 Å². The predicted octanol–water partition coefficient (Wildman–Crippen LogP) is 2.22. The highest BCUT2D eigenvalue weighted by Crippen LogP contribution is 2.32. The molecule has 3 aliphatic heterocycles. The van der Waals surface area contributed by atoms with Gasteiger partial charge in [0.1, 0.15) is 0 Å². The van der Waals surface area contributed by atoms with Crippen LogP contribution < -0.4 is 0 Å². The largest absolute Gasteiger partial charge is 0.378 e. The van der Waals surface area contributed by atoms with Crippen LogP contribution in [0.3, 0.4) is 0 Å². The second-order valence-corrected chi connectivity index (χ2v) is 6.02. The minimum Gasteiger partial charge on any atom is -0.378 e. The van der Waals surface area contributed by atoms with Crippen LogP contribution in [-0.4, -0.2) is 50.5 Å². The van der Waals surface area contributed by atoms with E-state index in [0.29, 0.717) is 25.3 Å². The smallest absolute Gasteiger partial charge is 0.184 e. The molecule has 3 aliphatic rings. The molecule has 3 heterocycles. The van der Waals surface area contributed by atoms with Gasteiger partial charge in [-0.05, 0) is 24.6 Å². The monoisotopic (exact) mass is 287 g/mol. The quantitative estimate of drug-likeness (QED) is 0.834. The Kier molecular flexibility index (Phi) is 3.55.